The van der Waals surface area contributed by atoms with E-state index in [1.54, 1.807) is 6.92 Å². The number of Topliss-reactive ketones (excluding diaryl/α,β-unsaturated/α-hetero) is 1. The topological polar surface area (TPSA) is 55.1 Å². The molecule has 0 aromatic carbocycles. The van der Waals surface area contributed by atoms with Gasteiger partial charge in [-0.25, -0.2) is 0 Å². The molecule has 0 radical (unpaired) electrons. The molecule has 1 aliphatic rings. The van der Waals surface area contributed by atoms with Crippen molar-refractivity contribution in [2.75, 3.05) is 17.6 Å². The number of nitrogens with one attached hydrogen (secondary N) is 1. The van der Waals surface area contributed by atoms with Gasteiger partial charge in [0.15, 0.2) is 5.78 Å². The molecule has 3 nitrogen and oxygen atoms in total. The van der Waals surface area contributed by atoms with Crippen molar-refractivity contribution in [3.8, 4) is 0 Å². The van der Waals surface area contributed by atoms with Gasteiger partial charge >= 0.3 is 6.18 Å². The van der Waals surface area contributed by atoms with Crippen molar-refractivity contribution in [1.29, 1.82) is 0 Å². The van der Waals surface area contributed by atoms with Crippen LogP contribution in [0.25, 0.3) is 0 Å². The molecule has 0 unspecified atom stereocenters. The number of carbonyl (C=O) groups excluding carboxylic acids is 1. The average Bonchev–Trinajstić information content (AvgIpc) is 3.09. The predicted octanol–water partition coefficient (Wildman–Crippen LogP) is 3.77. The third-order valence-electron chi connectivity index (χ3n) is 2.99. The number of carbonyl (C=O) groups is 1. The number of anilines is 2. The second kappa shape index (κ2) is 5.03. The van der Waals surface area contributed by atoms with Crippen molar-refractivity contribution in [3.05, 3.63) is 10.4 Å². The Morgan fingerprint density at radius 3 is 2.58 bits per heavy atom. The summed E-state index contributed by atoms with van der Waals surface area (Å²) in [5.41, 5.74) is 6.99. The summed E-state index contributed by atoms with van der Waals surface area (Å²) in [5, 5.41) is 2.77. The number of rotatable bonds is 5. The van der Waals surface area contributed by atoms with Crippen LogP contribution in [0.5, 0.6) is 0 Å². The number of thiophene rings is 1. The molecule has 1 heterocycles. The first-order valence-corrected chi connectivity index (χ1v) is 6.91. The van der Waals surface area contributed by atoms with Crippen LogP contribution in [0, 0.1) is 0 Å². The number of alkyl halides is 3. The van der Waals surface area contributed by atoms with E-state index in [9.17, 15) is 18.0 Å². The lowest BCUT2D eigenvalue weighted by Gasteiger charge is -2.09. The summed E-state index contributed by atoms with van der Waals surface area (Å²) in [6.07, 6.45) is -2.15. The highest BCUT2D eigenvalue weighted by Gasteiger charge is 2.34. The summed E-state index contributed by atoms with van der Waals surface area (Å²) in [6, 6.07) is 0. The summed E-state index contributed by atoms with van der Waals surface area (Å²) in [6.45, 7) is 0.605. The monoisotopic (exact) mass is 292 g/mol. The fourth-order valence-electron chi connectivity index (χ4n) is 1.91. The van der Waals surface area contributed by atoms with Gasteiger partial charge in [0.25, 0.3) is 0 Å². The number of nitrogens with two attached hydrogens (primary N) is 1. The zero-order chi connectivity index (χ0) is 14.2. The molecule has 3 N–H and O–H groups in total. The molecule has 19 heavy (non-hydrogen) atoms. The normalized spacial score (nSPS) is 15.6. The van der Waals surface area contributed by atoms with Crippen molar-refractivity contribution in [3.63, 3.8) is 0 Å². The molecule has 0 amide bonds. The molecule has 106 valence electrons. The van der Waals surface area contributed by atoms with Crippen LogP contribution in [0.2, 0.25) is 0 Å². The van der Waals surface area contributed by atoms with Crippen molar-refractivity contribution in [2.24, 2.45) is 0 Å². The third kappa shape index (κ3) is 3.20. The molecule has 7 heteroatoms. The Bertz CT molecular complexity index is 492. The van der Waals surface area contributed by atoms with Gasteiger partial charge in [-0.15, -0.1) is 11.3 Å². The Kier molecular flexibility index (Phi) is 3.75. The number of nitrogen functional groups attached to an aromatic ring is 1. The fraction of sp³-hybridized carbons (Fsp3) is 0.583. The molecule has 1 saturated carbocycles. The van der Waals surface area contributed by atoms with Gasteiger partial charge in [0.05, 0.1) is 15.6 Å². The first kappa shape index (κ1) is 14.2. The van der Waals surface area contributed by atoms with Crippen LogP contribution >= 0.6 is 11.3 Å². The Hall–Kier alpha value is -1.24. The van der Waals surface area contributed by atoms with E-state index in [0.29, 0.717) is 27.5 Å². The van der Waals surface area contributed by atoms with Crippen molar-refractivity contribution in [1.82, 2.24) is 0 Å². The second-order valence-electron chi connectivity index (χ2n) is 4.61. The number of ketones is 1. The zero-order valence-electron chi connectivity index (χ0n) is 10.4. The molecule has 0 spiro atoms. The Labute approximate surface area is 113 Å². The van der Waals surface area contributed by atoms with E-state index in [1.807, 2.05) is 0 Å². The molecular formula is C12H15F3N2OS. The maximum Gasteiger partial charge on any atom is 0.405 e. The smallest absolute Gasteiger partial charge is 0.397 e. The van der Waals surface area contributed by atoms with Gasteiger partial charge in [-0.2, -0.15) is 13.2 Å². The van der Waals surface area contributed by atoms with E-state index in [-0.39, 0.29) is 11.7 Å². The molecule has 1 aliphatic carbocycles. The van der Waals surface area contributed by atoms with Gasteiger partial charge in [0, 0.05) is 12.0 Å². The molecule has 0 bridgehead atoms. The number of hydrogen-bond donors (Lipinski definition) is 2. The van der Waals surface area contributed by atoms with Crippen LogP contribution in [-0.4, -0.2) is 18.5 Å². The SMILES string of the molecule is CCC(=O)c1sc(NCC(F)(F)F)c(C2CC2)c1N. The van der Waals surface area contributed by atoms with Gasteiger partial charge in [-0.05, 0) is 18.8 Å². The maximum atomic E-state index is 12.3. The molecule has 0 aliphatic heterocycles. The van der Waals surface area contributed by atoms with Gasteiger partial charge < -0.3 is 11.1 Å². The van der Waals surface area contributed by atoms with E-state index in [2.05, 4.69) is 5.32 Å². The van der Waals surface area contributed by atoms with Crippen LogP contribution in [0.3, 0.4) is 0 Å². The first-order chi connectivity index (χ1) is 8.83. The Morgan fingerprint density at radius 1 is 1.47 bits per heavy atom. The van der Waals surface area contributed by atoms with Crippen LogP contribution in [0.15, 0.2) is 0 Å². The Morgan fingerprint density at radius 2 is 2.11 bits per heavy atom. The van der Waals surface area contributed by atoms with Crippen molar-refractivity contribution >= 4 is 27.8 Å². The highest BCUT2D eigenvalue weighted by Crippen LogP contribution is 2.51. The van der Waals surface area contributed by atoms with E-state index in [4.69, 9.17) is 5.73 Å². The number of halogens is 3. The Balaban J connectivity index is 2.28. The average molecular weight is 292 g/mol. The third-order valence-corrected chi connectivity index (χ3v) is 4.21. The highest BCUT2D eigenvalue weighted by atomic mass is 32.1. The highest BCUT2D eigenvalue weighted by molar-refractivity contribution is 7.18. The van der Waals surface area contributed by atoms with E-state index >= 15 is 0 Å². The van der Waals surface area contributed by atoms with E-state index in [0.717, 1.165) is 24.2 Å². The quantitative estimate of drug-likeness (QED) is 0.812. The standard InChI is InChI=1S/C12H15F3N2OS/c1-2-7(18)10-9(16)8(6-3-4-6)11(19-10)17-5-12(13,14)15/h6,17H,2-5,16H2,1H3. The minimum Gasteiger partial charge on any atom is -0.397 e. The lowest BCUT2D eigenvalue weighted by Crippen LogP contribution is -2.21. The van der Waals surface area contributed by atoms with Crippen LogP contribution < -0.4 is 11.1 Å². The summed E-state index contributed by atoms with van der Waals surface area (Å²) >= 11 is 1.04. The molecule has 1 aromatic heterocycles. The van der Waals surface area contributed by atoms with Gasteiger partial charge in [-0.3, -0.25) is 4.79 Å². The molecule has 1 fully saturated rings. The molecule has 2 rings (SSSR count). The lowest BCUT2D eigenvalue weighted by molar-refractivity contribution is -0.115. The van der Waals surface area contributed by atoms with Gasteiger partial charge in [0.2, 0.25) is 0 Å². The second-order valence-corrected chi connectivity index (χ2v) is 5.63. The summed E-state index contributed by atoms with van der Waals surface area (Å²) in [5.74, 6) is 0.0786. The minimum absolute atomic E-state index is 0.121. The molecule has 1 aromatic rings. The van der Waals surface area contributed by atoms with E-state index < -0.39 is 12.7 Å². The fourth-order valence-corrected chi connectivity index (χ4v) is 3.13. The van der Waals surface area contributed by atoms with Crippen LogP contribution in [0.4, 0.5) is 23.9 Å². The van der Waals surface area contributed by atoms with Crippen LogP contribution in [-0.2, 0) is 0 Å². The lowest BCUT2D eigenvalue weighted by atomic mass is 10.1. The predicted molar refractivity (Wildman–Crippen MR) is 69.9 cm³/mol. The number of hydrogen-bond acceptors (Lipinski definition) is 4. The molecule has 0 atom stereocenters. The first-order valence-electron chi connectivity index (χ1n) is 6.09. The van der Waals surface area contributed by atoms with E-state index in [1.165, 1.54) is 0 Å². The van der Waals surface area contributed by atoms with Crippen LogP contribution in [0.1, 0.15) is 47.3 Å². The summed E-state index contributed by atoms with van der Waals surface area (Å²) < 4.78 is 36.8. The zero-order valence-corrected chi connectivity index (χ0v) is 11.3. The maximum absolute atomic E-state index is 12.3. The van der Waals surface area contributed by atoms with Crippen molar-refractivity contribution in [2.45, 2.75) is 38.3 Å². The molecule has 0 saturated heterocycles. The van der Waals surface area contributed by atoms with Gasteiger partial charge in [-0.1, -0.05) is 6.92 Å². The summed E-state index contributed by atoms with van der Waals surface area (Å²) in [4.78, 5) is 12.1. The molecular weight excluding hydrogens is 277 g/mol. The largest absolute Gasteiger partial charge is 0.405 e. The van der Waals surface area contributed by atoms with Crippen molar-refractivity contribution < 1.29 is 18.0 Å². The minimum atomic E-state index is -4.28. The van der Waals surface area contributed by atoms with Gasteiger partial charge in [0.1, 0.15) is 6.54 Å². The summed E-state index contributed by atoms with van der Waals surface area (Å²) in [7, 11) is 0.